The van der Waals surface area contributed by atoms with Crippen LogP contribution in [0.15, 0.2) is 22.9 Å². The van der Waals surface area contributed by atoms with Crippen molar-refractivity contribution in [3.8, 4) is 0 Å². The summed E-state index contributed by atoms with van der Waals surface area (Å²) in [4.78, 5) is 15.9. The van der Waals surface area contributed by atoms with Gasteiger partial charge >= 0.3 is 0 Å². The van der Waals surface area contributed by atoms with E-state index in [4.69, 9.17) is 0 Å². The van der Waals surface area contributed by atoms with Crippen LogP contribution in [0.25, 0.3) is 0 Å². The van der Waals surface area contributed by atoms with E-state index < -0.39 is 0 Å². The van der Waals surface area contributed by atoms with Crippen LogP contribution >= 0.6 is 27.7 Å². The van der Waals surface area contributed by atoms with E-state index in [1.807, 2.05) is 18.7 Å². The normalized spacial score (nSPS) is 12.2. The van der Waals surface area contributed by atoms with E-state index in [-0.39, 0.29) is 11.9 Å². The first-order valence-electron chi connectivity index (χ1n) is 5.14. The Bertz CT molecular complexity index is 360. The van der Waals surface area contributed by atoms with Gasteiger partial charge < -0.3 is 5.32 Å². The molecule has 0 bridgehead atoms. The first kappa shape index (κ1) is 13.5. The molecule has 3 nitrogen and oxygen atoms in total. The zero-order chi connectivity index (χ0) is 12.0. The van der Waals surface area contributed by atoms with Crippen LogP contribution in [0.3, 0.4) is 0 Å². The van der Waals surface area contributed by atoms with Crippen LogP contribution in [-0.4, -0.2) is 28.4 Å². The van der Waals surface area contributed by atoms with Gasteiger partial charge in [0.2, 0.25) is 0 Å². The highest BCUT2D eigenvalue weighted by Gasteiger charge is 2.12. The summed E-state index contributed by atoms with van der Waals surface area (Å²) in [5.74, 6) is 1.92. The summed E-state index contributed by atoms with van der Waals surface area (Å²) in [6.07, 6.45) is 1.65. The molecule has 0 radical (unpaired) electrons. The lowest BCUT2D eigenvalue weighted by atomic mass is 10.2. The van der Waals surface area contributed by atoms with Crippen molar-refractivity contribution in [1.29, 1.82) is 0 Å². The molecule has 0 aliphatic heterocycles. The van der Waals surface area contributed by atoms with Gasteiger partial charge in [-0.05, 0) is 40.7 Å². The predicted molar refractivity (Wildman–Crippen MR) is 71.9 cm³/mol. The molecule has 0 saturated heterocycles. The third-order valence-electron chi connectivity index (χ3n) is 1.95. The Kier molecular flexibility index (Phi) is 5.84. The molecule has 88 valence electrons. The van der Waals surface area contributed by atoms with Gasteiger partial charge in [0.1, 0.15) is 4.60 Å². The summed E-state index contributed by atoms with van der Waals surface area (Å²) in [6, 6.07) is 3.68. The van der Waals surface area contributed by atoms with Crippen LogP contribution in [0, 0.1) is 0 Å². The molecule has 16 heavy (non-hydrogen) atoms. The zero-order valence-electron chi connectivity index (χ0n) is 9.37. The maximum Gasteiger partial charge on any atom is 0.254 e. The number of hydrogen-bond donors (Lipinski definition) is 1. The molecular formula is C11H15BrN2OS. The van der Waals surface area contributed by atoms with Crippen molar-refractivity contribution in [2.75, 3.05) is 11.5 Å². The van der Waals surface area contributed by atoms with E-state index in [1.165, 1.54) is 0 Å². The van der Waals surface area contributed by atoms with Gasteiger partial charge in [-0.1, -0.05) is 6.92 Å². The lowest BCUT2D eigenvalue weighted by Gasteiger charge is -2.13. The second-order valence-electron chi connectivity index (χ2n) is 3.38. The highest BCUT2D eigenvalue weighted by molar-refractivity contribution is 9.10. The summed E-state index contributed by atoms with van der Waals surface area (Å²) < 4.78 is 0.586. The second kappa shape index (κ2) is 6.91. The molecule has 0 aromatic carbocycles. The molecule has 0 aliphatic rings. The zero-order valence-corrected chi connectivity index (χ0v) is 11.8. The highest BCUT2D eigenvalue weighted by Crippen LogP contribution is 2.12. The number of amides is 1. The number of thioether (sulfide) groups is 1. The number of carbonyl (C=O) groups is 1. The van der Waals surface area contributed by atoms with Crippen LogP contribution < -0.4 is 5.32 Å². The lowest BCUT2D eigenvalue weighted by molar-refractivity contribution is 0.0942. The second-order valence-corrected chi connectivity index (χ2v) is 5.45. The van der Waals surface area contributed by atoms with E-state index in [0.717, 1.165) is 11.5 Å². The number of hydrogen-bond acceptors (Lipinski definition) is 3. The molecule has 1 heterocycles. The van der Waals surface area contributed by atoms with Gasteiger partial charge in [-0.25, -0.2) is 4.98 Å². The molecular weight excluding hydrogens is 288 g/mol. The number of nitrogens with zero attached hydrogens (tertiary/aromatic N) is 1. The highest BCUT2D eigenvalue weighted by atomic mass is 79.9. The Morgan fingerprint density at radius 3 is 3.06 bits per heavy atom. The van der Waals surface area contributed by atoms with Crippen LogP contribution in [0.5, 0.6) is 0 Å². The van der Waals surface area contributed by atoms with Crippen molar-refractivity contribution in [1.82, 2.24) is 10.3 Å². The van der Waals surface area contributed by atoms with Crippen molar-refractivity contribution >= 4 is 33.6 Å². The fourth-order valence-electron chi connectivity index (χ4n) is 1.19. The van der Waals surface area contributed by atoms with Crippen molar-refractivity contribution in [2.45, 2.75) is 19.9 Å². The van der Waals surface area contributed by atoms with Crippen molar-refractivity contribution in [3.63, 3.8) is 0 Å². The first-order chi connectivity index (χ1) is 7.65. The fourth-order valence-corrected chi connectivity index (χ4v) is 2.30. The monoisotopic (exact) mass is 302 g/mol. The minimum absolute atomic E-state index is 0.0795. The van der Waals surface area contributed by atoms with Gasteiger partial charge in [0.25, 0.3) is 5.91 Å². The summed E-state index contributed by atoms with van der Waals surface area (Å²) in [6.45, 7) is 4.11. The van der Waals surface area contributed by atoms with Gasteiger partial charge in [0, 0.05) is 18.0 Å². The number of carbonyl (C=O) groups excluding carboxylic acids is 1. The van der Waals surface area contributed by atoms with E-state index in [0.29, 0.717) is 10.2 Å². The minimum atomic E-state index is -0.0795. The minimum Gasteiger partial charge on any atom is -0.349 e. The average Bonchev–Trinajstić information content (AvgIpc) is 2.26. The third-order valence-corrected chi connectivity index (χ3v) is 3.73. The Morgan fingerprint density at radius 1 is 1.69 bits per heavy atom. The largest absolute Gasteiger partial charge is 0.349 e. The molecule has 1 amide bonds. The van der Waals surface area contributed by atoms with Crippen LogP contribution in [0.4, 0.5) is 0 Å². The van der Waals surface area contributed by atoms with Gasteiger partial charge in [-0.3, -0.25) is 4.79 Å². The summed E-state index contributed by atoms with van der Waals surface area (Å²) in [7, 11) is 0. The summed E-state index contributed by atoms with van der Waals surface area (Å²) >= 11 is 5.08. The molecule has 1 aromatic rings. The van der Waals surface area contributed by atoms with Crippen LogP contribution in [-0.2, 0) is 0 Å². The van der Waals surface area contributed by atoms with Gasteiger partial charge in [-0.15, -0.1) is 0 Å². The lowest BCUT2D eigenvalue weighted by Crippen LogP contribution is -2.34. The fraction of sp³-hybridized carbons (Fsp3) is 0.455. The standard InChI is InChI=1S/C11H15BrN2OS/c1-3-16-7-8(2)14-11(15)9-5-4-6-13-10(9)12/h4-6,8H,3,7H2,1-2H3,(H,14,15). The topological polar surface area (TPSA) is 42.0 Å². The summed E-state index contributed by atoms with van der Waals surface area (Å²) in [5, 5.41) is 2.94. The van der Waals surface area contributed by atoms with Crippen molar-refractivity contribution in [2.24, 2.45) is 0 Å². The molecule has 0 aliphatic carbocycles. The van der Waals surface area contributed by atoms with Crippen LogP contribution in [0.2, 0.25) is 0 Å². The summed E-state index contributed by atoms with van der Waals surface area (Å²) in [5.41, 5.74) is 0.579. The van der Waals surface area contributed by atoms with Gasteiger partial charge in [-0.2, -0.15) is 11.8 Å². The van der Waals surface area contributed by atoms with E-state index in [2.05, 4.69) is 33.2 Å². The smallest absolute Gasteiger partial charge is 0.254 e. The molecule has 1 unspecified atom stereocenters. The molecule has 1 aromatic heterocycles. The molecule has 0 saturated carbocycles. The molecule has 1 N–H and O–H groups in total. The van der Waals surface area contributed by atoms with Crippen LogP contribution in [0.1, 0.15) is 24.2 Å². The number of halogens is 1. The van der Waals surface area contributed by atoms with E-state index in [1.54, 1.807) is 18.3 Å². The molecule has 0 spiro atoms. The Morgan fingerprint density at radius 2 is 2.44 bits per heavy atom. The number of rotatable bonds is 5. The molecule has 1 rings (SSSR count). The van der Waals surface area contributed by atoms with Crippen molar-refractivity contribution in [3.05, 3.63) is 28.5 Å². The molecule has 5 heteroatoms. The number of nitrogens with one attached hydrogen (secondary N) is 1. The maximum atomic E-state index is 11.8. The van der Waals surface area contributed by atoms with E-state index in [9.17, 15) is 4.79 Å². The average molecular weight is 303 g/mol. The Labute approximate surface area is 109 Å². The Hall–Kier alpha value is -0.550. The first-order valence-corrected chi connectivity index (χ1v) is 7.09. The molecule has 0 fully saturated rings. The number of pyridine rings is 1. The SMILES string of the molecule is CCSCC(C)NC(=O)c1cccnc1Br. The predicted octanol–water partition coefficient (Wildman–Crippen LogP) is 2.72. The van der Waals surface area contributed by atoms with Gasteiger partial charge in [0.05, 0.1) is 5.56 Å². The Balaban J connectivity index is 2.56. The quantitative estimate of drug-likeness (QED) is 0.851. The maximum absolute atomic E-state index is 11.8. The third kappa shape index (κ3) is 4.14. The van der Waals surface area contributed by atoms with Gasteiger partial charge in [0.15, 0.2) is 0 Å². The molecule has 1 atom stereocenters. The number of aromatic nitrogens is 1. The van der Waals surface area contributed by atoms with E-state index >= 15 is 0 Å². The van der Waals surface area contributed by atoms with Crippen molar-refractivity contribution < 1.29 is 4.79 Å².